The largest absolute Gasteiger partial charge is 0.478 e. The fourth-order valence-corrected chi connectivity index (χ4v) is 1.65. The molecule has 1 aromatic carbocycles. The standard InChI is InChI=1S/C11H7F7O2/c1-5-4-6(8(19)20)2-3-7(5)9(12,10(13,14)15)11(16,17)18/h2-4H,1H3,(H,19,20). The molecular formula is C11H7F7O2. The van der Waals surface area contributed by atoms with E-state index in [-0.39, 0.29) is 6.07 Å². The summed E-state index contributed by atoms with van der Waals surface area (Å²) >= 11 is 0. The van der Waals surface area contributed by atoms with Gasteiger partial charge in [0.05, 0.1) is 5.56 Å². The lowest BCUT2D eigenvalue weighted by molar-refractivity contribution is -0.348. The van der Waals surface area contributed by atoms with Gasteiger partial charge < -0.3 is 5.11 Å². The van der Waals surface area contributed by atoms with Gasteiger partial charge in [-0.05, 0) is 24.6 Å². The van der Waals surface area contributed by atoms with Crippen LogP contribution in [0.2, 0.25) is 0 Å². The van der Waals surface area contributed by atoms with Gasteiger partial charge in [0.15, 0.2) is 0 Å². The first kappa shape index (κ1) is 16.3. The molecule has 0 aliphatic rings. The van der Waals surface area contributed by atoms with Gasteiger partial charge in [-0.3, -0.25) is 0 Å². The summed E-state index contributed by atoms with van der Waals surface area (Å²) in [6.45, 7) is 0.771. The van der Waals surface area contributed by atoms with E-state index >= 15 is 0 Å². The zero-order chi connectivity index (χ0) is 15.9. The quantitative estimate of drug-likeness (QED) is 0.839. The lowest BCUT2D eigenvalue weighted by Gasteiger charge is -2.31. The third-order valence-electron chi connectivity index (χ3n) is 2.63. The molecule has 0 aliphatic heterocycles. The van der Waals surface area contributed by atoms with Gasteiger partial charge in [0.1, 0.15) is 0 Å². The van der Waals surface area contributed by atoms with E-state index in [0.29, 0.717) is 12.1 Å². The van der Waals surface area contributed by atoms with E-state index in [0.717, 1.165) is 6.92 Å². The van der Waals surface area contributed by atoms with Crippen molar-refractivity contribution in [2.45, 2.75) is 24.9 Å². The number of aryl methyl sites for hydroxylation is 1. The number of carboxylic acids is 1. The average Bonchev–Trinajstić information content (AvgIpc) is 2.24. The summed E-state index contributed by atoms with van der Waals surface area (Å²) in [6.07, 6.45) is -12.4. The second-order valence-electron chi connectivity index (χ2n) is 3.99. The van der Waals surface area contributed by atoms with Crippen LogP contribution in [0.4, 0.5) is 30.7 Å². The minimum Gasteiger partial charge on any atom is -0.478 e. The number of halogens is 7. The molecule has 9 heteroatoms. The van der Waals surface area contributed by atoms with Crippen LogP contribution in [-0.4, -0.2) is 23.4 Å². The van der Waals surface area contributed by atoms with Gasteiger partial charge in [0, 0.05) is 5.56 Å². The van der Waals surface area contributed by atoms with Crippen molar-refractivity contribution in [3.8, 4) is 0 Å². The minimum absolute atomic E-state index is 0.180. The van der Waals surface area contributed by atoms with Crippen LogP contribution >= 0.6 is 0 Å². The smallest absolute Gasteiger partial charge is 0.435 e. The molecule has 1 aromatic rings. The van der Waals surface area contributed by atoms with Crippen LogP contribution in [0.5, 0.6) is 0 Å². The number of hydrogen-bond acceptors (Lipinski definition) is 1. The number of hydrogen-bond donors (Lipinski definition) is 1. The molecule has 0 aliphatic carbocycles. The number of rotatable bonds is 2. The fourth-order valence-electron chi connectivity index (χ4n) is 1.65. The first-order valence-electron chi connectivity index (χ1n) is 4.99. The summed E-state index contributed by atoms with van der Waals surface area (Å²) in [4.78, 5) is 10.6. The number of carbonyl (C=O) groups is 1. The van der Waals surface area contributed by atoms with Gasteiger partial charge in [-0.2, -0.15) is 26.3 Å². The molecule has 0 saturated carbocycles. The molecule has 112 valence electrons. The molecule has 0 spiro atoms. The summed E-state index contributed by atoms with van der Waals surface area (Å²) in [6, 6.07) is 1.21. The Morgan fingerprint density at radius 2 is 1.45 bits per heavy atom. The highest BCUT2D eigenvalue weighted by Crippen LogP contribution is 2.53. The maximum atomic E-state index is 13.7. The van der Waals surface area contributed by atoms with Crippen LogP contribution in [0.1, 0.15) is 21.5 Å². The van der Waals surface area contributed by atoms with Crippen molar-refractivity contribution in [3.05, 3.63) is 34.9 Å². The van der Waals surface area contributed by atoms with E-state index in [1.54, 1.807) is 0 Å². The topological polar surface area (TPSA) is 37.3 Å². The molecule has 0 atom stereocenters. The predicted octanol–water partition coefficient (Wildman–Crippen LogP) is 3.98. The number of alkyl halides is 7. The summed E-state index contributed by atoms with van der Waals surface area (Å²) in [5.41, 5.74) is -8.54. The first-order valence-corrected chi connectivity index (χ1v) is 4.99. The Bertz CT molecular complexity index is 517. The van der Waals surface area contributed by atoms with Gasteiger partial charge in [0.25, 0.3) is 0 Å². The molecule has 0 bridgehead atoms. The fraction of sp³-hybridized carbons (Fsp3) is 0.364. The molecule has 1 N–H and O–H groups in total. The van der Waals surface area contributed by atoms with Crippen LogP contribution in [0, 0.1) is 6.92 Å². The van der Waals surface area contributed by atoms with Gasteiger partial charge in [-0.1, -0.05) is 6.07 Å². The molecule has 0 aromatic heterocycles. The van der Waals surface area contributed by atoms with Crippen LogP contribution in [0.25, 0.3) is 0 Å². The summed E-state index contributed by atoms with van der Waals surface area (Å²) in [5, 5.41) is 8.58. The lowest BCUT2D eigenvalue weighted by atomic mass is 9.89. The zero-order valence-corrected chi connectivity index (χ0v) is 9.73. The maximum Gasteiger partial charge on any atom is 0.435 e. The molecule has 20 heavy (non-hydrogen) atoms. The third-order valence-corrected chi connectivity index (χ3v) is 2.63. The lowest BCUT2D eigenvalue weighted by Crippen LogP contribution is -2.50. The van der Waals surface area contributed by atoms with E-state index in [2.05, 4.69) is 0 Å². The van der Waals surface area contributed by atoms with Crippen molar-refractivity contribution in [1.82, 2.24) is 0 Å². The van der Waals surface area contributed by atoms with Crippen LogP contribution < -0.4 is 0 Å². The van der Waals surface area contributed by atoms with E-state index in [4.69, 9.17) is 5.11 Å². The zero-order valence-electron chi connectivity index (χ0n) is 9.73. The molecule has 0 heterocycles. The van der Waals surface area contributed by atoms with Crippen molar-refractivity contribution >= 4 is 5.97 Å². The van der Waals surface area contributed by atoms with Gasteiger partial charge in [-0.25, -0.2) is 9.18 Å². The average molecular weight is 304 g/mol. The highest BCUT2D eigenvalue weighted by atomic mass is 19.4. The molecule has 0 amide bonds. The summed E-state index contributed by atoms with van der Waals surface area (Å²) in [5.74, 6) is -1.55. The van der Waals surface area contributed by atoms with Crippen LogP contribution in [0.3, 0.4) is 0 Å². The molecular weight excluding hydrogens is 297 g/mol. The second kappa shape index (κ2) is 4.64. The van der Waals surface area contributed by atoms with E-state index in [9.17, 15) is 35.5 Å². The Hall–Kier alpha value is -1.80. The number of carboxylic acid groups (broad SMARTS) is 1. The van der Waals surface area contributed by atoms with Gasteiger partial charge >= 0.3 is 24.0 Å². The van der Waals surface area contributed by atoms with E-state index in [1.807, 2.05) is 0 Å². The molecule has 0 saturated heterocycles. The van der Waals surface area contributed by atoms with Gasteiger partial charge in [-0.15, -0.1) is 0 Å². The Morgan fingerprint density at radius 3 is 1.75 bits per heavy atom. The monoisotopic (exact) mass is 304 g/mol. The molecule has 1 rings (SSSR count). The van der Waals surface area contributed by atoms with Gasteiger partial charge in [0.2, 0.25) is 0 Å². The maximum absolute atomic E-state index is 13.7. The van der Waals surface area contributed by atoms with Crippen LogP contribution in [-0.2, 0) is 5.67 Å². The van der Waals surface area contributed by atoms with Crippen molar-refractivity contribution < 1.29 is 40.6 Å². The number of aromatic carboxylic acids is 1. The minimum atomic E-state index is -6.22. The van der Waals surface area contributed by atoms with Crippen molar-refractivity contribution in [1.29, 1.82) is 0 Å². The van der Waals surface area contributed by atoms with E-state index in [1.165, 1.54) is 0 Å². The van der Waals surface area contributed by atoms with Crippen molar-refractivity contribution in [2.24, 2.45) is 0 Å². The second-order valence-corrected chi connectivity index (χ2v) is 3.99. The molecule has 2 nitrogen and oxygen atoms in total. The Labute approximate surface area is 107 Å². The summed E-state index contributed by atoms with van der Waals surface area (Å²) in [7, 11) is 0. The van der Waals surface area contributed by atoms with Crippen LogP contribution in [0.15, 0.2) is 18.2 Å². The molecule has 0 fully saturated rings. The molecule has 0 unspecified atom stereocenters. The van der Waals surface area contributed by atoms with Crippen molar-refractivity contribution in [3.63, 3.8) is 0 Å². The third kappa shape index (κ3) is 2.44. The van der Waals surface area contributed by atoms with E-state index < -0.39 is 40.7 Å². The number of benzene rings is 1. The molecule has 0 radical (unpaired) electrons. The first-order chi connectivity index (χ1) is 8.82. The Balaban J connectivity index is 3.57. The highest BCUT2D eigenvalue weighted by molar-refractivity contribution is 5.87. The normalized spacial score (nSPS) is 13.4. The highest BCUT2D eigenvalue weighted by Gasteiger charge is 2.73. The SMILES string of the molecule is Cc1cc(C(=O)O)ccc1C(F)(C(F)(F)F)C(F)(F)F. The predicted molar refractivity (Wildman–Crippen MR) is 53.0 cm³/mol. The Kier molecular flexibility index (Phi) is 3.77. The summed E-state index contributed by atoms with van der Waals surface area (Å²) < 4.78 is 88.8. The Morgan fingerprint density at radius 1 is 1.00 bits per heavy atom. The van der Waals surface area contributed by atoms with Crippen molar-refractivity contribution in [2.75, 3.05) is 0 Å².